The maximum Gasteiger partial charge on any atom is 0.250 e. The SMILES string of the molecule is Cc1nc([P+](c2ccccc2)(c2ccccc2)c2ccccc2)c(SCc2ccccc2)o1.[O-][Cl+3]([O-])([O-])O. The minimum absolute atomic E-state index is 0.702. The predicted molar refractivity (Wildman–Crippen MR) is 144 cm³/mol. The maximum absolute atomic E-state index is 8.60. The molecule has 0 amide bonds. The van der Waals surface area contributed by atoms with Gasteiger partial charge in [0, 0.05) is 12.7 Å². The van der Waals surface area contributed by atoms with E-state index in [4.69, 9.17) is 28.0 Å². The third kappa shape index (κ3) is 6.90. The Labute approximate surface area is 228 Å². The summed E-state index contributed by atoms with van der Waals surface area (Å²) in [4.78, 5) is 5.09. The lowest BCUT2D eigenvalue weighted by Gasteiger charge is -2.25. The van der Waals surface area contributed by atoms with Crippen molar-refractivity contribution in [3.8, 4) is 0 Å². The summed E-state index contributed by atoms with van der Waals surface area (Å²) in [6, 6.07) is 42.9. The molecule has 0 aliphatic rings. The van der Waals surface area contributed by atoms with Gasteiger partial charge in [-0.25, -0.2) is 0 Å². The molecule has 0 bridgehead atoms. The first-order valence-electron chi connectivity index (χ1n) is 11.6. The predicted octanol–water partition coefficient (Wildman–Crippen LogP) is 1.77. The van der Waals surface area contributed by atoms with Crippen LogP contribution in [0.25, 0.3) is 0 Å². The van der Waals surface area contributed by atoms with Gasteiger partial charge in [-0.05, 0) is 42.0 Å². The number of benzene rings is 4. The minimum atomic E-state index is -4.69. The number of oxazole rings is 1. The number of aryl methyl sites for hydroxylation is 1. The number of hydrogen-bond donors (Lipinski definition) is 1. The fraction of sp³-hybridized carbons (Fsp3) is 0.0690. The average molecular weight is 567 g/mol. The van der Waals surface area contributed by atoms with Gasteiger partial charge in [0.1, 0.15) is 15.9 Å². The molecule has 6 nitrogen and oxygen atoms in total. The number of aromatic nitrogens is 1. The summed E-state index contributed by atoms with van der Waals surface area (Å²) in [5, 5.41) is 4.73. The second-order valence-corrected chi connectivity index (χ2v) is 13.2. The van der Waals surface area contributed by atoms with E-state index in [2.05, 4.69) is 121 Å². The summed E-state index contributed by atoms with van der Waals surface area (Å²) in [6.07, 6.45) is 0. The molecule has 0 aliphatic carbocycles. The van der Waals surface area contributed by atoms with Crippen molar-refractivity contribution in [2.45, 2.75) is 17.8 Å². The highest BCUT2D eigenvalue weighted by molar-refractivity contribution is 8.04. The highest BCUT2D eigenvalue weighted by Crippen LogP contribution is 2.55. The molecule has 1 heterocycles. The van der Waals surface area contributed by atoms with Crippen molar-refractivity contribution in [3.63, 3.8) is 0 Å². The van der Waals surface area contributed by atoms with Crippen LogP contribution in [0.15, 0.2) is 131 Å². The lowest BCUT2D eigenvalue weighted by molar-refractivity contribution is -1.92. The molecule has 0 radical (unpaired) electrons. The van der Waals surface area contributed by atoms with Gasteiger partial charge in [-0.3, -0.25) is 0 Å². The zero-order chi connectivity index (χ0) is 27.0. The molecule has 1 N–H and O–H groups in total. The smallest absolute Gasteiger partial charge is 0.250 e. The summed E-state index contributed by atoms with van der Waals surface area (Å²) in [6.45, 7) is 1.95. The second kappa shape index (κ2) is 12.7. The average Bonchev–Trinajstić information content (AvgIpc) is 3.30. The van der Waals surface area contributed by atoms with Crippen LogP contribution in [0.1, 0.15) is 11.5 Å². The fourth-order valence-electron chi connectivity index (χ4n) is 4.20. The van der Waals surface area contributed by atoms with Crippen molar-refractivity contribution in [1.29, 1.82) is 0 Å². The van der Waals surface area contributed by atoms with Crippen molar-refractivity contribution < 1.29 is 33.3 Å². The van der Waals surface area contributed by atoms with Crippen molar-refractivity contribution in [2.24, 2.45) is 0 Å². The van der Waals surface area contributed by atoms with Gasteiger partial charge in [0.15, 0.2) is 13.2 Å². The molecular weight excluding hydrogens is 541 g/mol. The Bertz CT molecular complexity index is 1310. The summed E-state index contributed by atoms with van der Waals surface area (Å²) in [5.74, 6) is 1.54. The van der Waals surface area contributed by atoms with Gasteiger partial charge in [-0.2, -0.15) is 19.0 Å². The highest BCUT2D eigenvalue weighted by atomic mass is 35.7. The van der Waals surface area contributed by atoms with E-state index in [9.17, 15) is 0 Å². The molecule has 0 fully saturated rings. The molecule has 0 saturated carbocycles. The first-order chi connectivity index (χ1) is 18.3. The van der Waals surface area contributed by atoms with E-state index in [1.54, 1.807) is 11.8 Å². The Morgan fingerprint density at radius 1 is 0.711 bits per heavy atom. The van der Waals surface area contributed by atoms with E-state index in [-0.39, 0.29) is 0 Å². The summed E-state index contributed by atoms with van der Waals surface area (Å²) in [7, 11) is -6.96. The molecular formula is C29H26ClNO5PS+. The minimum Gasteiger partial charge on any atom is -0.430 e. The zero-order valence-corrected chi connectivity index (χ0v) is 23.0. The third-order valence-corrected chi connectivity index (χ3v) is 11.0. The van der Waals surface area contributed by atoms with Crippen LogP contribution in [0, 0.1) is 17.2 Å². The Morgan fingerprint density at radius 3 is 1.47 bits per heavy atom. The Balaban J connectivity index is 0.000000617. The number of rotatable bonds is 7. The zero-order valence-electron chi connectivity index (χ0n) is 20.5. The largest absolute Gasteiger partial charge is 0.430 e. The van der Waals surface area contributed by atoms with E-state index < -0.39 is 17.5 Å². The summed E-state index contributed by atoms with van der Waals surface area (Å²) in [5.41, 5.74) is 2.31. The van der Waals surface area contributed by atoms with Crippen LogP contribution in [0.3, 0.4) is 0 Å². The van der Waals surface area contributed by atoms with Gasteiger partial charge >= 0.3 is 0 Å². The fourth-order valence-corrected chi connectivity index (χ4v) is 9.74. The number of halogens is 1. The monoisotopic (exact) mass is 566 g/mol. The molecule has 0 aliphatic heterocycles. The number of thioether (sulfide) groups is 1. The van der Waals surface area contributed by atoms with Crippen molar-refractivity contribution in [1.82, 2.24) is 4.98 Å². The normalized spacial score (nSPS) is 11.5. The Kier molecular flexibility index (Phi) is 9.36. The van der Waals surface area contributed by atoms with Crippen LogP contribution in [0.2, 0.25) is 0 Å². The van der Waals surface area contributed by atoms with Gasteiger partial charge < -0.3 is 4.42 Å². The molecule has 194 valence electrons. The second-order valence-electron chi connectivity index (χ2n) is 8.19. The van der Waals surface area contributed by atoms with Gasteiger partial charge in [0.05, 0.1) is 14.9 Å². The van der Waals surface area contributed by atoms with Crippen LogP contribution in [-0.4, -0.2) is 9.64 Å². The van der Waals surface area contributed by atoms with Crippen molar-refractivity contribution in [2.75, 3.05) is 0 Å². The molecule has 4 aromatic carbocycles. The molecule has 5 rings (SSSR count). The van der Waals surface area contributed by atoms with E-state index >= 15 is 0 Å². The third-order valence-electron chi connectivity index (χ3n) is 5.65. The van der Waals surface area contributed by atoms with Crippen LogP contribution >= 0.6 is 19.0 Å². The van der Waals surface area contributed by atoms with Crippen molar-refractivity contribution in [3.05, 3.63) is 133 Å². The molecule has 9 heteroatoms. The first-order valence-corrected chi connectivity index (χ1v) is 15.7. The standard InChI is InChI=1S/C29H25NOPS.ClHO4/c1-23-30-28(29(31-23)33-22-24-14-6-2-7-15-24)32(25-16-8-3-9-17-25,26-18-10-4-11-19-26)27-20-12-5-13-21-27;2-1(3,4)5/h2-21H,22H2,1H3;(H,2,3,4,5)/q+1;. The van der Waals surface area contributed by atoms with E-state index in [1.807, 2.05) is 6.92 Å². The lowest BCUT2D eigenvalue weighted by atomic mass is 10.2. The van der Waals surface area contributed by atoms with Gasteiger partial charge in [0.2, 0.25) is 5.09 Å². The number of nitrogens with zero attached hydrogens (tertiary/aromatic N) is 1. The van der Waals surface area contributed by atoms with E-state index in [0.717, 1.165) is 16.3 Å². The van der Waals surface area contributed by atoms with Crippen molar-refractivity contribution >= 4 is 40.4 Å². The molecule has 0 saturated heterocycles. The van der Waals surface area contributed by atoms with E-state index in [1.165, 1.54) is 21.5 Å². The van der Waals surface area contributed by atoms with Crippen LogP contribution in [0.5, 0.6) is 0 Å². The molecule has 0 spiro atoms. The first kappa shape index (κ1) is 28.0. The Hall–Kier alpha value is -3.00. The topological polar surface area (TPSA) is 115 Å². The molecule has 38 heavy (non-hydrogen) atoms. The van der Waals surface area contributed by atoms with Gasteiger partial charge in [-0.15, -0.1) is 0 Å². The molecule has 5 aromatic rings. The van der Waals surface area contributed by atoms with E-state index in [0.29, 0.717) is 5.89 Å². The highest BCUT2D eigenvalue weighted by Gasteiger charge is 2.52. The lowest BCUT2D eigenvalue weighted by Crippen LogP contribution is -2.58. The summed E-state index contributed by atoms with van der Waals surface area (Å²) >= 11 is 1.73. The van der Waals surface area contributed by atoms with Crippen LogP contribution in [-0.2, 0) is 5.75 Å². The Morgan fingerprint density at radius 2 is 1.08 bits per heavy atom. The van der Waals surface area contributed by atoms with Crippen LogP contribution < -0.4 is 35.3 Å². The van der Waals surface area contributed by atoms with Gasteiger partial charge in [0.25, 0.3) is 5.44 Å². The molecule has 1 aromatic heterocycles. The quantitative estimate of drug-likeness (QED) is 0.236. The summed E-state index contributed by atoms with van der Waals surface area (Å²) < 4.78 is 39.0. The van der Waals surface area contributed by atoms with Gasteiger partial charge in [-0.1, -0.05) is 96.7 Å². The molecule has 0 unspecified atom stereocenters. The van der Waals surface area contributed by atoms with Crippen LogP contribution in [0.4, 0.5) is 0 Å². The maximum atomic E-state index is 8.60. The number of hydrogen-bond acceptors (Lipinski definition) is 7. The molecule has 0 atom stereocenters.